The van der Waals surface area contributed by atoms with Gasteiger partial charge in [-0.15, -0.1) is 0 Å². The summed E-state index contributed by atoms with van der Waals surface area (Å²) >= 11 is 3.64. The van der Waals surface area contributed by atoms with Gasteiger partial charge < -0.3 is 14.5 Å². The maximum absolute atomic E-state index is 11.1. The van der Waals surface area contributed by atoms with Gasteiger partial charge in [-0.2, -0.15) is 0 Å². The number of aromatic carboxylic acids is 1. The molecule has 0 saturated carbocycles. The Morgan fingerprint density at radius 3 is 2.83 bits per heavy atom. The van der Waals surface area contributed by atoms with Gasteiger partial charge in [-0.25, -0.2) is 9.78 Å². The summed E-state index contributed by atoms with van der Waals surface area (Å²) in [7, 11) is 0. The molecule has 0 spiro atoms. The summed E-state index contributed by atoms with van der Waals surface area (Å²) in [5, 5.41) is 10.2. The van der Waals surface area contributed by atoms with Gasteiger partial charge in [0.2, 0.25) is 0 Å². The maximum Gasteiger partial charge on any atom is 0.335 e. The number of carboxylic acids is 1. The van der Waals surface area contributed by atoms with Crippen molar-refractivity contribution in [2.75, 3.05) is 0 Å². The van der Waals surface area contributed by atoms with Gasteiger partial charge in [-0.3, -0.25) is 0 Å². The van der Waals surface area contributed by atoms with Crippen LogP contribution in [0.3, 0.4) is 0 Å². The molecule has 0 amide bonds. The number of hydrogen-bond acceptors (Lipinski definition) is 2. The summed E-state index contributed by atoms with van der Waals surface area (Å²) in [5.41, 5.74) is 4.51. The molecule has 4 rings (SSSR count). The number of halogens is 1. The number of hydrogen-bond donors (Lipinski definition) is 2. The van der Waals surface area contributed by atoms with Crippen LogP contribution in [-0.2, 0) is 0 Å². The number of carbonyl (C=O) groups is 1. The second kappa shape index (κ2) is 4.96. The molecule has 5 nitrogen and oxygen atoms in total. The van der Waals surface area contributed by atoms with E-state index in [4.69, 9.17) is 5.11 Å². The molecule has 0 fully saturated rings. The second-order valence-electron chi connectivity index (χ2n) is 5.35. The Balaban J connectivity index is 1.99. The molecule has 0 aliphatic carbocycles. The molecule has 3 heterocycles. The van der Waals surface area contributed by atoms with Gasteiger partial charge in [-0.05, 0) is 41.1 Å². The number of benzene rings is 1. The number of fused-ring (bicyclic) bond motifs is 2. The van der Waals surface area contributed by atoms with Gasteiger partial charge in [0.25, 0.3) is 0 Å². The topological polar surface area (TPSA) is 70.4 Å². The van der Waals surface area contributed by atoms with E-state index < -0.39 is 5.97 Å². The molecular weight excluding hydrogens is 358 g/mol. The van der Waals surface area contributed by atoms with E-state index >= 15 is 0 Å². The van der Waals surface area contributed by atoms with Crippen LogP contribution < -0.4 is 0 Å². The third-order valence-electron chi connectivity index (χ3n) is 3.99. The smallest absolute Gasteiger partial charge is 0.335 e. The summed E-state index contributed by atoms with van der Waals surface area (Å²) in [5.74, 6) is -0.957. The minimum Gasteiger partial charge on any atom is -0.478 e. The number of H-pyrrole nitrogens is 1. The number of aryl methyl sites for hydroxylation is 1. The number of rotatable bonds is 2. The number of nitrogens with zero attached hydrogens (tertiary/aromatic N) is 2. The molecule has 114 valence electrons. The highest BCUT2D eigenvalue weighted by Crippen LogP contribution is 2.35. The van der Waals surface area contributed by atoms with Crippen molar-refractivity contribution in [3.63, 3.8) is 0 Å². The molecule has 1 aromatic carbocycles. The van der Waals surface area contributed by atoms with Crippen molar-refractivity contribution in [3.05, 3.63) is 58.3 Å². The number of carboxylic acid groups (broad SMARTS) is 1. The Bertz CT molecular complexity index is 1080. The first kappa shape index (κ1) is 14.0. The van der Waals surface area contributed by atoms with Crippen LogP contribution in [0.5, 0.6) is 0 Å². The highest BCUT2D eigenvalue weighted by molar-refractivity contribution is 9.10. The van der Waals surface area contributed by atoms with Gasteiger partial charge in [0.1, 0.15) is 11.3 Å². The van der Waals surface area contributed by atoms with Gasteiger partial charge in [0.15, 0.2) is 0 Å². The normalized spacial score (nSPS) is 11.4. The fourth-order valence-corrected chi connectivity index (χ4v) is 3.44. The molecule has 6 heteroatoms. The van der Waals surface area contributed by atoms with E-state index in [0.717, 1.165) is 32.5 Å². The molecule has 0 bridgehead atoms. The molecule has 0 unspecified atom stereocenters. The predicted octanol–water partition coefficient (Wildman–Crippen LogP) is 4.25. The lowest BCUT2D eigenvalue weighted by molar-refractivity contribution is 0.0697. The van der Waals surface area contributed by atoms with Crippen LogP contribution in [0, 0.1) is 6.92 Å². The first-order valence-corrected chi connectivity index (χ1v) is 7.84. The van der Waals surface area contributed by atoms with E-state index in [-0.39, 0.29) is 5.56 Å². The Morgan fingerprint density at radius 2 is 2.09 bits per heavy atom. The Morgan fingerprint density at radius 1 is 1.30 bits per heavy atom. The predicted molar refractivity (Wildman–Crippen MR) is 91.9 cm³/mol. The number of pyridine rings is 1. The number of imidazole rings is 1. The summed E-state index contributed by atoms with van der Waals surface area (Å²) < 4.78 is 2.85. The van der Waals surface area contributed by atoms with E-state index in [1.165, 1.54) is 0 Å². The zero-order chi connectivity index (χ0) is 16.1. The Labute approximate surface area is 139 Å². The van der Waals surface area contributed by atoms with Crippen LogP contribution in [0.15, 0.2) is 47.1 Å². The van der Waals surface area contributed by atoms with Crippen LogP contribution in [-0.4, -0.2) is 25.4 Å². The lowest BCUT2D eigenvalue weighted by Gasteiger charge is -1.99. The van der Waals surface area contributed by atoms with Crippen molar-refractivity contribution in [2.45, 2.75) is 6.92 Å². The van der Waals surface area contributed by atoms with E-state index in [1.54, 1.807) is 18.3 Å². The SMILES string of the molecule is Cc1c(-c2[nH]c3ccccc3c2Br)nc2cc(C(=O)O)ccn12. The van der Waals surface area contributed by atoms with Gasteiger partial charge in [-0.1, -0.05) is 18.2 Å². The summed E-state index contributed by atoms with van der Waals surface area (Å²) in [6.07, 6.45) is 1.74. The molecular formula is C17H12BrN3O2. The Kier molecular flexibility index (Phi) is 3.02. The molecule has 0 aliphatic rings. The van der Waals surface area contributed by atoms with E-state index in [9.17, 15) is 4.79 Å². The van der Waals surface area contributed by atoms with Crippen LogP contribution >= 0.6 is 15.9 Å². The van der Waals surface area contributed by atoms with Crippen molar-refractivity contribution in [3.8, 4) is 11.4 Å². The minimum atomic E-state index is -0.957. The van der Waals surface area contributed by atoms with Crippen LogP contribution in [0.1, 0.15) is 16.1 Å². The van der Waals surface area contributed by atoms with Crippen LogP contribution in [0.4, 0.5) is 0 Å². The average Bonchev–Trinajstić information content (AvgIpc) is 3.05. The second-order valence-corrected chi connectivity index (χ2v) is 6.15. The molecule has 0 atom stereocenters. The zero-order valence-electron chi connectivity index (χ0n) is 12.2. The summed E-state index contributed by atoms with van der Waals surface area (Å²) in [6, 6.07) is 11.2. The minimum absolute atomic E-state index is 0.227. The monoisotopic (exact) mass is 369 g/mol. The summed E-state index contributed by atoms with van der Waals surface area (Å²) in [6.45, 7) is 1.97. The van der Waals surface area contributed by atoms with Crippen molar-refractivity contribution in [1.29, 1.82) is 0 Å². The first-order valence-electron chi connectivity index (χ1n) is 7.05. The number of aromatic nitrogens is 3. The third kappa shape index (κ3) is 2.06. The quantitative estimate of drug-likeness (QED) is 0.554. The van der Waals surface area contributed by atoms with Crippen molar-refractivity contribution in [2.24, 2.45) is 0 Å². The lowest BCUT2D eigenvalue weighted by Crippen LogP contribution is -1.97. The fourth-order valence-electron chi connectivity index (χ4n) is 2.81. The molecule has 0 saturated heterocycles. The lowest BCUT2D eigenvalue weighted by atomic mass is 10.2. The van der Waals surface area contributed by atoms with Gasteiger partial charge in [0, 0.05) is 22.8 Å². The number of nitrogens with one attached hydrogen (secondary N) is 1. The Hall–Kier alpha value is -2.60. The van der Waals surface area contributed by atoms with Crippen molar-refractivity contribution in [1.82, 2.24) is 14.4 Å². The number of aromatic amines is 1. The fraction of sp³-hybridized carbons (Fsp3) is 0.0588. The molecule has 0 radical (unpaired) electrons. The van der Waals surface area contributed by atoms with E-state index in [2.05, 4.69) is 25.9 Å². The third-order valence-corrected chi connectivity index (χ3v) is 4.82. The maximum atomic E-state index is 11.1. The largest absolute Gasteiger partial charge is 0.478 e. The van der Waals surface area contributed by atoms with E-state index in [1.807, 2.05) is 35.6 Å². The first-order chi connectivity index (χ1) is 11.1. The van der Waals surface area contributed by atoms with E-state index in [0.29, 0.717) is 5.65 Å². The van der Waals surface area contributed by atoms with Crippen molar-refractivity contribution < 1.29 is 9.90 Å². The summed E-state index contributed by atoms with van der Waals surface area (Å²) in [4.78, 5) is 19.1. The van der Waals surface area contributed by atoms with Crippen LogP contribution in [0.2, 0.25) is 0 Å². The molecule has 2 N–H and O–H groups in total. The number of para-hydroxylation sites is 1. The average molecular weight is 370 g/mol. The van der Waals surface area contributed by atoms with Gasteiger partial charge in [0.05, 0.1) is 15.7 Å². The highest BCUT2D eigenvalue weighted by Gasteiger charge is 2.17. The molecule has 23 heavy (non-hydrogen) atoms. The highest BCUT2D eigenvalue weighted by atomic mass is 79.9. The van der Waals surface area contributed by atoms with Crippen molar-refractivity contribution >= 4 is 38.4 Å². The standard InChI is InChI=1S/C17H12BrN3O2/c1-9-15(16-14(18)11-4-2-3-5-12(11)19-16)20-13-8-10(17(22)23)6-7-21(9)13/h2-8,19H,1H3,(H,22,23). The molecule has 4 aromatic rings. The molecule has 3 aromatic heterocycles. The zero-order valence-corrected chi connectivity index (χ0v) is 13.8. The van der Waals surface area contributed by atoms with Crippen LogP contribution in [0.25, 0.3) is 27.9 Å². The molecule has 0 aliphatic heterocycles. The van der Waals surface area contributed by atoms with Gasteiger partial charge >= 0.3 is 5.97 Å².